The van der Waals surface area contributed by atoms with E-state index in [0.717, 1.165) is 25.8 Å². The average Bonchev–Trinajstić information content (AvgIpc) is 2.74. The van der Waals surface area contributed by atoms with Gasteiger partial charge in [-0.2, -0.15) is 5.10 Å². The number of carboxylic acids is 1. The third kappa shape index (κ3) is 4.08. The monoisotopic (exact) mass is 265 g/mol. The van der Waals surface area contributed by atoms with Crippen LogP contribution in [0.1, 0.15) is 25.7 Å². The Kier molecular flexibility index (Phi) is 4.54. The van der Waals surface area contributed by atoms with Crippen LogP contribution in [-0.2, 0) is 16.1 Å². The van der Waals surface area contributed by atoms with Gasteiger partial charge in [0.25, 0.3) is 0 Å². The van der Waals surface area contributed by atoms with Crippen LogP contribution in [0.25, 0.3) is 0 Å². The molecule has 2 rings (SSSR count). The predicted octanol–water partition coefficient (Wildman–Crippen LogP) is 0.986. The molecular weight excluding hydrogens is 246 g/mol. The molecule has 0 aromatic carbocycles. The maximum atomic E-state index is 12.1. The first-order valence-electron chi connectivity index (χ1n) is 6.62. The molecule has 1 saturated heterocycles. The normalized spacial score (nSPS) is 20.0. The molecule has 1 aromatic heterocycles. The van der Waals surface area contributed by atoms with E-state index in [-0.39, 0.29) is 24.8 Å². The van der Waals surface area contributed by atoms with Crippen molar-refractivity contribution in [1.82, 2.24) is 14.7 Å². The summed E-state index contributed by atoms with van der Waals surface area (Å²) in [6.07, 6.45) is 6.17. The van der Waals surface area contributed by atoms with Crippen molar-refractivity contribution in [2.24, 2.45) is 5.92 Å². The Morgan fingerprint density at radius 2 is 2.16 bits per heavy atom. The van der Waals surface area contributed by atoms with Crippen molar-refractivity contribution in [2.75, 3.05) is 13.1 Å². The van der Waals surface area contributed by atoms with E-state index in [0.29, 0.717) is 6.54 Å². The van der Waals surface area contributed by atoms with Crippen molar-refractivity contribution in [3.05, 3.63) is 18.5 Å². The fourth-order valence-electron chi connectivity index (χ4n) is 2.50. The fourth-order valence-corrected chi connectivity index (χ4v) is 2.50. The van der Waals surface area contributed by atoms with Gasteiger partial charge in [0.15, 0.2) is 0 Å². The van der Waals surface area contributed by atoms with E-state index in [1.54, 1.807) is 23.1 Å². The van der Waals surface area contributed by atoms with Crippen LogP contribution in [0.2, 0.25) is 0 Å². The number of amides is 1. The van der Waals surface area contributed by atoms with Crippen LogP contribution >= 0.6 is 0 Å². The van der Waals surface area contributed by atoms with Crippen molar-refractivity contribution in [2.45, 2.75) is 32.2 Å². The minimum atomic E-state index is -0.749. The molecule has 2 heterocycles. The second-order valence-corrected chi connectivity index (χ2v) is 4.98. The second kappa shape index (κ2) is 6.36. The highest BCUT2D eigenvalue weighted by Gasteiger charge is 2.22. The van der Waals surface area contributed by atoms with Crippen molar-refractivity contribution in [3.63, 3.8) is 0 Å². The highest BCUT2D eigenvalue weighted by Crippen LogP contribution is 2.20. The molecule has 1 aromatic rings. The zero-order valence-electron chi connectivity index (χ0n) is 10.9. The van der Waals surface area contributed by atoms with Gasteiger partial charge in [0.2, 0.25) is 5.91 Å². The molecule has 1 amide bonds. The number of aromatic nitrogens is 2. The Labute approximate surface area is 112 Å². The highest BCUT2D eigenvalue weighted by molar-refractivity contribution is 5.75. The van der Waals surface area contributed by atoms with Crippen LogP contribution in [0.5, 0.6) is 0 Å². The quantitative estimate of drug-likeness (QED) is 0.880. The molecule has 0 saturated carbocycles. The summed E-state index contributed by atoms with van der Waals surface area (Å²) in [6, 6.07) is 1.79. The summed E-state index contributed by atoms with van der Waals surface area (Å²) in [5.41, 5.74) is 0. The summed E-state index contributed by atoms with van der Waals surface area (Å²) >= 11 is 0. The molecule has 1 N–H and O–H groups in total. The van der Waals surface area contributed by atoms with Gasteiger partial charge in [0.1, 0.15) is 6.54 Å². The Balaban J connectivity index is 1.84. The molecular formula is C13H19N3O3. The lowest BCUT2D eigenvalue weighted by Gasteiger charge is -2.20. The summed E-state index contributed by atoms with van der Waals surface area (Å²) in [7, 11) is 0. The first-order chi connectivity index (χ1) is 9.15. The molecule has 1 unspecified atom stereocenters. The molecule has 1 aliphatic rings. The van der Waals surface area contributed by atoms with E-state index in [2.05, 4.69) is 5.10 Å². The molecule has 0 bridgehead atoms. The van der Waals surface area contributed by atoms with Crippen LogP contribution in [-0.4, -0.2) is 44.8 Å². The summed E-state index contributed by atoms with van der Waals surface area (Å²) in [5, 5.41) is 12.8. The highest BCUT2D eigenvalue weighted by atomic mass is 16.4. The van der Waals surface area contributed by atoms with E-state index in [9.17, 15) is 9.59 Å². The Morgan fingerprint density at radius 3 is 2.84 bits per heavy atom. The number of carbonyl (C=O) groups is 2. The minimum Gasteiger partial charge on any atom is -0.481 e. The summed E-state index contributed by atoms with van der Waals surface area (Å²) < 4.78 is 1.61. The molecule has 1 atom stereocenters. The number of nitrogens with zero attached hydrogens (tertiary/aromatic N) is 3. The number of carboxylic acid groups (broad SMARTS) is 1. The molecule has 1 fully saturated rings. The SMILES string of the molecule is O=C(O)CC1CCCN(C(=O)Cn2cccn2)CC1. The molecule has 0 aliphatic carbocycles. The Bertz CT molecular complexity index is 430. The molecule has 6 nitrogen and oxygen atoms in total. The summed E-state index contributed by atoms with van der Waals surface area (Å²) in [6.45, 7) is 1.63. The zero-order chi connectivity index (χ0) is 13.7. The first kappa shape index (κ1) is 13.6. The average molecular weight is 265 g/mol. The molecule has 19 heavy (non-hydrogen) atoms. The van der Waals surface area contributed by atoms with Crippen LogP contribution < -0.4 is 0 Å². The fraction of sp³-hybridized carbons (Fsp3) is 0.615. The lowest BCUT2D eigenvalue weighted by Crippen LogP contribution is -2.34. The molecule has 0 spiro atoms. The van der Waals surface area contributed by atoms with E-state index in [4.69, 9.17) is 5.11 Å². The second-order valence-electron chi connectivity index (χ2n) is 4.98. The van der Waals surface area contributed by atoms with Crippen LogP contribution in [0.3, 0.4) is 0 Å². The van der Waals surface area contributed by atoms with Crippen molar-refractivity contribution in [1.29, 1.82) is 0 Å². The Hall–Kier alpha value is -1.85. The van der Waals surface area contributed by atoms with Crippen LogP contribution in [0, 0.1) is 5.92 Å². The number of hydrogen-bond donors (Lipinski definition) is 1. The van der Waals surface area contributed by atoms with Gasteiger partial charge in [-0.1, -0.05) is 0 Å². The lowest BCUT2D eigenvalue weighted by molar-refractivity contribution is -0.138. The Morgan fingerprint density at radius 1 is 1.32 bits per heavy atom. The summed E-state index contributed by atoms with van der Waals surface area (Å²) in [5.74, 6) is -0.499. The van der Waals surface area contributed by atoms with E-state index in [1.165, 1.54) is 0 Å². The van der Waals surface area contributed by atoms with Gasteiger partial charge in [-0.3, -0.25) is 14.3 Å². The van der Waals surface area contributed by atoms with Gasteiger partial charge in [0, 0.05) is 31.9 Å². The third-order valence-electron chi connectivity index (χ3n) is 3.52. The number of carbonyl (C=O) groups excluding carboxylic acids is 1. The first-order valence-corrected chi connectivity index (χ1v) is 6.62. The van der Waals surface area contributed by atoms with Crippen LogP contribution in [0.4, 0.5) is 0 Å². The topological polar surface area (TPSA) is 75.4 Å². The van der Waals surface area contributed by atoms with E-state index < -0.39 is 5.97 Å². The standard InChI is InChI=1S/C13H19N3O3/c17-12(10-16-7-2-5-14-16)15-6-1-3-11(4-8-15)9-13(18)19/h2,5,7,11H,1,3-4,6,8-10H2,(H,18,19). The maximum Gasteiger partial charge on any atom is 0.303 e. The number of aliphatic carboxylic acids is 1. The molecule has 1 aliphatic heterocycles. The number of likely N-dealkylation sites (tertiary alicyclic amines) is 1. The maximum absolute atomic E-state index is 12.1. The van der Waals surface area contributed by atoms with Crippen LogP contribution in [0.15, 0.2) is 18.5 Å². The summed E-state index contributed by atoms with van der Waals surface area (Å²) in [4.78, 5) is 24.6. The van der Waals surface area contributed by atoms with Crippen molar-refractivity contribution >= 4 is 11.9 Å². The van der Waals surface area contributed by atoms with Gasteiger partial charge in [0.05, 0.1) is 0 Å². The van der Waals surface area contributed by atoms with Gasteiger partial charge < -0.3 is 10.0 Å². The van der Waals surface area contributed by atoms with E-state index in [1.807, 2.05) is 4.90 Å². The van der Waals surface area contributed by atoms with Gasteiger partial charge >= 0.3 is 5.97 Å². The van der Waals surface area contributed by atoms with Crippen molar-refractivity contribution in [3.8, 4) is 0 Å². The van der Waals surface area contributed by atoms with Gasteiger partial charge in [-0.25, -0.2) is 0 Å². The number of hydrogen-bond acceptors (Lipinski definition) is 3. The third-order valence-corrected chi connectivity index (χ3v) is 3.52. The molecule has 0 radical (unpaired) electrons. The lowest BCUT2D eigenvalue weighted by atomic mass is 9.97. The molecule has 6 heteroatoms. The van der Waals surface area contributed by atoms with Gasteiger partial charge in [-0.15, -0.1) is 0 Å². The smallest absolute Gasteiger partial charge is 0.303 e. The van der Waals surface area contributed by atoms with Crippen molar-refractivity contribution < 1.29 is 14.7 Å². The number of rotatable bonds is 4. The van der Waals surface area contributed by atoms with E-state index >= 15 is 0 Å². The van der Waals surface area contributed by atoms with Gasteiger partial charge in [-0.05, 0) is 31.2 Å². The zero-order valence-corrected chi connectivity index (χ0v) is 10.9. The largest absolute Gasteiger partial charge is 0.481 e. The predicted molar refractivity (Wildman–Crippen MR) is 68.4 cm³/mol. The minimum absolute atomic E-state index is 0.0553. The molecule has 104 valence electrons.